The maximum atomic E-state index is 6.14. The van der Waals surface area contributed by atoms with Gasteiger partial charge in [0.2, 0.25) is 5.28 Å². The number of rotatable bonds is 1. The molecule has 1 fully saturated rings. The molecular weight excluding hydrogens is 210 g/mol. The summed E-state index contributed by atoms with van der Waals surface area (Å²) in [6.07, 6.45) is 3.62. The molecule has 0 atom stereocenters. The first-order valence-electron chi connectivity index (χ1n) is 5.46. The second-order valence-corrected chi connectivity index (χ2v) is 6.07. The highest BCUT2D eigenvalue weighted by Crippen LogP contribution is 2.42. The first-order valence-corrected chi connectivity index (χ1v) is 5.84. The Kier molecular flexibility index (Phi) is 2.34. The van der Waals surface area contributed by atoms with Crippen LogP contribution in [-0.4, -0.2) is 14.8 Å². The predicted molar refractivity (Wildman–Crippen MR) is 61.2 cm³/mol. The van der Waals surface area contributed by atoms with Crippen LogP contribution in [0, 0.1) is 0 Å². The van der Waals surface area contributed by atoms with Crippen molar-refractivity contribution in [3.8, 4) is 0 Å². The van der Waals surface area contributed by atoms with E-state index in [1.165, 1.54) is 19.3 Å². The van der Waals surface area contributed by atoms with Gasteiger partial charge in [-0.25, -0.2) is 0 Å². The van der Waals surface area contributed by atoms with Crippen molar-refractivity contribution in [2.75, 3.05) is 0 Å². The lowest BCUT2D eigenvalue weighted by molar-refractivity contribution is 0.158. The molecule has 1 aromatic rings. The second-order valence-electron chi connectivity index (χ2n) is 5.73. The number of halogens is 1. The fraction of sp³-hybridized carbons (Fsp3) is 0.818. The minimum Gasteiger partial charge on any atom is -0.295 e. The minimum absolute atomic E-state index is 0.00125. The topological polar surface area (TPSA) is 30.7 Å². The van der Waals surface area contributed by atoms with Crippen molar-refractivity contribution in [3.05, 3.63) is 11.1 Å². The fourth-order valence-electron chi connectivity index (χ4n) is 2.14. The lowest BCUT2D eigenvalue weighted by Gasteiger charge is -2.42. The molecule has 1 heterocycles. The van der Waals surface area contributed by atoms with E-state index in [1.54, 1.807) is 0 Å². The van der Waals surface area contributed by atoms with Crippen LogP contribution in [-0.2, 0) is 11.0 Å². The SMILES string of the molecule is CC(C)(C)c1nnc(Cl)n1C1(C)CCC1. The molecule has 1 aliphatic carbocycles. The molecule has 0 bridgehead atoms. The van der Waals surface area contributed by atoms with E-state index in [1.807, 2.05) is 0 Å². The summed E-state index contributed by atoms with van der Waals surface area (Å²) in [5.74, 6) is 0.995. The zero-order valence-corrected chi connectivity index (χ0v) is 10.6. The molecule has 84 valence electrons. The molecule has 0 unspecified atom stereocenters. The fourth-order valence-corrected chi connectivity index (χ4v) is 2.46. The number of aromatic nitrogens is 3. The molecule has 1 aliphatic rings. The largest absolute Gasteiger partial charge is 0.295 e. The van der Waals surface area contributed by atoms with Crippen LogP contribution in [0.1, 0.15) is 52.8 Å². The third-order valence-electron chi connectivity index (χ3n) is 3.26. The average Bonchev–Trinajstić information content (AvgIpc) is 2.42. The highest BCUT2D eigenvalue weighted by molar-refractivity contribution is 6.28. The summed E-state index contributed by atoms with van der Waals surface area (Å²) in [6, 6.07) is 0. The highest BCUT2D eigenvalue weighted by Gasteiger charge is 2.39. The Hall–Kier alpha value is -0.570. The van der Waals surface area contributed by atoms with Crippen molar-refractivity contribution in [3.63, 3.8) is 0 Å². The van der Waals surface area contributed by atoms with E-state index >= 15 is 0 Å². The third kappa shape index (κ3) is 1.67. The van der Waals surface area contributed by atoms with Crippen LogP contribution in [0.4, 0.5) is 0 Å². The zero-order valence-electron chi connectivity index (χ0n) is 9.84. The average molecular weight is 228 g/mol. The van der Waals surface area contributed by atoms with Crippen LogP contribution in [0.15, 0.2) is 0 Å². The molecule has 0 spiro atoms. The first kappa shape index (κ1) is 10.9. The molecule has 0 radical (unpaired) electrons. The van der Waals surface area contributed by atoms with E-state index in [0.717, 1.165) is 5.82 Å². The molecule has 0 N–H and O–H groups in total. The van der Waals surface area contributed by atoms with Crippen LogP contribution in [0.3, 0.4) is 0 Å². The summed E-state index contributed by atoms with van der Waals surface area (Å²) in [5, 5.41) is 8.76. The molecule has 2 rings (SSSR count). The molecule has 15 heavy (non-hydrogen) atoms. The third-order valence-corrected chi connectivity index (χ3v) is 3.51. The van der Waals surface area contributed by atoms with Crippen molar-refractivity contribution in [1.29, 1.82) is 0 Å². The second kappa shape index (κ2) is 3.21. The summed E-state index contributed by atoms with van der Waals surface area (Å²) in [5.41, 5.74) is 0.141. The molecule has 0 aromatic carbocycles. The Balaban J connectivity index is 2.50. The molecule has 0 amide bonds. The summed E-state index contributed by atoms with van der Waals surface area (Å²) in [4.78, 5) is 0. The quantitative estimate of drug-likeness (QED) is 0.738. The monoisotopic (exact) mass is 227 g/mol. The Morgan fingerprint density at radius 2 is 1.87 bits per heavy atom. The van der Waals surface area contributed by atoms with E-state index in [2.05, 4.69) is 42.5 Å². The number of nitrogens with zero attached hydrogens (tertiary/aromatic N) is 3. The van der Waals surface area contributed by atoms with Crippen LogP contribution >= 0.6 is 11.6 Å². The lowest BCUT2D eigenvalue weighted by Crippen LogP contribution is -2.40. The van der Waals surface area contributed by atoms with Gasteiger partial charge in [-0.3, -0.25) is 4.57 Å². The van der Waals surface area contributed by atoms with Gasteiger partial charge in [0, 0.05) is 11.0 Å². The van der Waals surface area contributed by atoms with Crippen LogP contribution in [0.25, 0.3) is 0 Å². The summed E-state index contributed by atoms with van der Waals surface area (Å²) >= 11 is 6.14. The summed E-state index contributed by atoms with van der Waals surface area (Å²) in [7, 11) is 0. The van der Waals surface area contributed by atoms with Crippen molar-refractivity contribution >= 4 is 11.6 Å². The Bertz CT molecular complexity index is 372. The minimum atomic E-state index is -0.00125. The van der Waals surface area contributed by atoms with Crippen molar-refractivity contribution in [2.45, 2.75) is 57.9 Å². The van der Waals surface area contributed by atoms with Gasteiger partial charge in [-0.1, -0.05) is 20.8 Å². The van der Waals surface area contributed by atoms with Crippen molar-refractivity contribution in [1.82, 2.24) is 14.8 Å². The Labute approximate surface area is 95.8 Å². The van der Waals surface area contributed by atoms with Gasteiger partial charge in [0.25, 0.3) is 0 Å². The van der Waals surface area contributed by atoms with Gasteiger partial charge in [-0.2, -0.15) is 0 Å². The van der Waals surface area contributed by atoms with Gasteiger partial charge in [0.1, 0.15) is 5.82 Å². The van der Waals surface area contributed by atoms with E-state index in [9.17, 15) is 0 Å². The molecule has 3 nitrogen and oxygen atoms in total. The normalized spacial score (nSPS) is 20.1. The maximum Gasteiger partial charge on any atom is 0.225 e. The number of hydrogen-bond acceptors (Lipinski definition) is 2. The van der Waals surface area contributed by atoms with Crippen LogP contribution < -0.4 is 0 Å². The lowest BCUT2D eigenvalue weighted by atomic mass is 9.77. The van der Waals surface area contributed by atoms with Gasteiger partial charge in [-0.15, -0.1) is 10.2 Å². The Morgan fingerprint density at radius 3 is 2.27 bits per heavy atom. The van der Waals surface area contributed by atoms with E-state index in [-0.39, 0.29) is 11.0 Å². The first-order chi connectivity index (χ1) is 6.84. The van der Waals surface area contributed by atoms with Gasteiger partial charge >= 0.3 is 0 Å². The van der Waals surface area contributed by atoms with Gasteiger partial charge in [0.05, 0.1) is 0 Å². The smallest absolute Gasteiger partial charge is 0.225 e. The summed E-state index contributed by atoms with van der Waals surface area (Å²) < 4.78 is 2.12. The van der Waals surface area contributed by atoms with Gasteiger partial charge in [-0.05, 0) is 37.8 Å². The molecule has 4 heteroatoms. The molecular formula is C11H18ClN3. The van der Waals surface area contributed by atoms with Crippen molar-refractivity contribution < 1.29 is 0 Å². The van der Waals surface area contributed by atoms with Gasteiger partial charge < -0.3 is 0 Å². The highest BCUT2D eigenvalue weighted by atomic mass is 35.5. The van der Waals surface area contributed by atoms with Crippen LogP contribution in [0.5, 0.6) is 0 Å². The van der Waals surface area contributed by atoms with Gasteiger partial charge in [0.15, 0.2) is 0 Å². The van der Waals surface area contributed by atoms with E-state index in [0.29, 0.717) is 5.28 Å². The van der Waals surface area contributed by atoms with E-state index in [4.69, 9.17) is 11.6 Å². The molecule has 0 aliphatic heterocycles. The number of hydrogen-bond donors (Lipinski definition) is 0. The van der Waals surface area contributed by atoms with E-state index < -0.39 is 0 Å². The molecule has 1 saturated carbocycles. The zero-order chi connectivity index (χ0) is 11.3. The predicted octanol–water partition coefficient (Wildman–Crippen LogP) is 3.13. The van der Waals surface area contributed by atoms with Crippen molar-refractivity contribution in [2.24, 2.45) is 0 Å². The summed E-state index contributed by atoms with van der Waals surface area (Å²) in [6.45, 7) is 8.67. The van der Waals surface area contributed by atoms with Crippen LogP contribution in [0.2, 0.25) is 5.28 Å². The standard InChI is InChI=1S/C11H18ClN3/c1-10(2,3)8-13-14-9(12)15(8)11(4)6-5-7-11/h5-7H2,1-4H3. The Morgan fingerprint density at radius 1 is 1.27 bits per heavy atom. The molecule has 1 aromatic heterocycles. The molecule has 0 saturated heterocycles. The maximum absolute atomic E-state index is 6.14.